The van der Waals surface area contributed by atoms with Gasteiger partial charge in [-0.15, -0.1) is 0 Å². The van der Waals surface area contributed by atoms with Crippen LogP contribution in [0.25, 0.3) is 0 Å². The van der Waals surface area contributed by atoms with Crippen LogP contribution in [0.15, 0.2) is 0 Å². The molecule has 0 bridgehead atoms. The first-order chi connectivity index (χ1) is 1.73. The van der Waals surface area contributed by atoms with Gasteiger partial charge in [-0.3, -0.25) is 4.79 Å². The van der Waals surface area contributed by atoms with Crippen LogP contribution in [0.2, 0.25) is 0 Å². The van der Waals surface area contributed by atoms with Gasteiger partial charge >= 0.3 is 0 Å². The van der Waals surface area contributed by atoms with E-state index in [1.165, 1.54) is 0 Å². The Morgan fingerprint density at radius 1 is 1.10 bits per heavy atom. The van der Waals surface area contributed by atoms with Crippen LogP contribution in [-0.4, -0.2) is 16.6 Å². The predicted octanol–water partition coefficient (Wildman–Crippen LogP) is -0.0883. The van der Waals surface area contributed by atoms with Crippen molar-refractivity contribution >= 4 is 5.97 Å². The minimum Gasteiger partial charge on any atom is -0.481 e. The van der Waals surface area contributed by atoms with E-state index < -0.39 is 5.97 Å². The normalized spacial score (nSPS) is 2.50. The first-order valence-electron chi connectivity index (χ1n) is 0.928. The van der Waals surface area contributed by atoms with Crippen LogP contribution in [0.4, 0.5) is 0 Å². The van der Waals surface area contributed by atoms with Crippen LogP contribution >= 0.6 is 0 Å². The third-order valence-electron chi connectivity index (χ3n) is 0. The number of hydrogen-bond donors (Lipinski definition) is 5. The summed E-state index contributed by atoms with van der Waals surface area (Å²) in [6.45, 7) is 1.08. The number of rotatable bonds is 0. The monoisotopic (exact) mass is 205 g/mol. The Labute approximate surface area is 70.4 Å². The number of carboxylic acid groups (broad SMARTS) is 1. The molecule has 0 aromatic heterocycles. The van der Waals surface area contributed by atoms with Crippen molar-refractivity contribution in [2.45, 2.75) is 6.92 Å². The predicted molar refractivity (Wildman–Crippen MR) is 37.0 cm³/mol. The van der Waals surface area contributed by atoms with Gasteiger partial charge in [-0.2, -0.15) is 0 Å². The van der Waals surface area contributed by atoms with E-state index in [0.29, 0.717) is 0 Å². The van der Waals surface area contributed by atoms with Gasteiger partial charge in [0, 0.05) is 23.7 Å². The van der Waals surface area contributed by atoms with Gasteiger partial charge in [-0.05, 0) is 0 Å². The zero-order valence-corrected chi connectivity index (χ0v) is 7.06. The summed E-state index contributed by atoms with van der Waals surface area (Å²) in [5, 5.41) is 7.42. The quantitative estimate of drug-likeness (QED) is 0.364. The molecule has 0 aliphatic rings. The molecule has 10 heavy (non-hydrogen) atoms. The van der Waals surface area contributed by atoms with Crippen molar-refractivity contribution in [3.63, 3.8) is 0 Å². The number of hydrogen-bond acceptors (Lipinski definition) is 5. The van der Waals surface area contributed by atoms with E-state index >= 15 is 0 Å². The van der Waals surface area contributed by atoms with E-state index in [-0.39, 0.29) is 46.9 Å². The molecule has 0 aliphatic carbocycles. The Balaban J connectivity index is -0.00000000300. The average molecular weight is 205 g/mol. The van der Waals surface area contributed by atoms with Crippen molar-refractivity contribution in [1.82, 2.24) is 24.6 Å². The molecule has 15 N–H and O–H groups in total. The third kappa shape index (κ3) is 7150. The van der Waals surface area contributed by atoms with E-state index in [4.69, 9.17) is 9.90 Å². The van der Waals surface area contributed by atoms with Gasteiger partial charge in [0.2, 0.25) is 0 Å². The van der Waals surface area contributed by atoms with Gasteiger partial charge in [0.15, 0.2) is 0 Å². The molecule has 0 fully saturated rings. The van der Waals surface area contributed by atoms with Crippen LogP contribution in [0.5, 0.6) is 0 Å². The smallest absolute Gasteiger partial charge is 0.300 e. The van der Waals surface area contributed by atoms with Crippen molar-refractivity contribution in [1.29, 1.82) is 0 Å². The molecule has 1 radical (unpaired) electrons. The van der Waals surface area contributed by atoms with E-state index in [1.807, 2.05) is 0 Å². The minimum atomic E-state index is -0.833. The van der Waals surface area contributed by atoms with Crippen molar-refractivity contribution in [2.75, 3.05) is 0 Å². The van der Waals surface area contributed by atoms with Crippen LogP contribution in [-0.2, 0) is 21.6 Å². The molecule has 0 heterocycles. The molecule has 0 saturated carbocycles. The maximum atomic E-state index is 9.00. The maximum absolute atomic E-state index is 9.00. The molecule has 0 unspecified atom stereocenters. The first kappa shape index (κ1) is 97.7. The van der Waals surface area contributed by atoms with Gasteiger partial charge in [0.1, 0.15) is 0 Å². The standard InChI is InChI=1S/C2H4O2.Co.4H3N.H2O/c1-2(3)4;;;;;;/h1H3,(H,3,4);;4*1H3;1H2. The van der Waals surface area contributed by atoms with Gasteiger partial charge in [-0.1, -0.05) is 0 Å². The molecule has 7 nitrogen and oxygen atoms in total. The molecule has 0 rings (SSSR count). The van der Waals surface area contributed by atoms with E-state index in [2.05, 4.69) is 0 Å². The number of aliphatic carboxylic acids is 1. The Bertz CT molecular complexity index is 41.5. The fraction of sp³-hybridized carbons (Fsp3) is 0.500. The van der Waals surface area contributed by atoms with Crippen LogP contribution < -0.4 is 24.6 Å². The van der Waals surface area contributed by atoms with Gasteiger partial charge in [-0.25, -0.2) is 0 Å². The molecule has 8 heteroatoms. The summed E-state index contributed by atoms with van der Waals surface area (Å²) in [6, 6.07) is 0. The summed E-state index contributed by atoms with van der Waals surface area (Å²) in [5.74, 6) is -0.833. The van der Waals surface area contributed by atoms with Crippen molar-refractivity contribution in [3.8, 4) is 0 Å². The van der Waals surface area contributed by atoms with Gasteiger partial charge in [0.25, 0.3) is 5.97 Å². The second-order valence-electron chi connectivity index (χ2n) is 0.519. The average Bonchev–Trinajstić information content (AvgIpc) is 0.811. The second kappa shape index (κ2) is 68.8. The Morgan fingerprint density at radius 2 is 1.10 bits per heavy atom. The van der Waals surface area contributed by atoms with Gasteiger partial charge in [0.05, 0.1) is 0 Å². The summed E-state index contributed by atoms with van der Waals surface area (Å²) in [6.07, 6.45) is 0. The first-order valence-corrected chi connectivity index (χ1v) is 0.928. The molecule has 0 spiro atoms. The SMILES string of the molecule is CC(=O)O.N.N.N.N.O.[Co]. The fourth-order valence-electron chi connectivity index (χ4n) is 0. The van der Waals surface area contributed by atoms with E-state index in [0.717, 1.165) is 6.92 Å². The van der Waals surface area contributed by atoms with E-state index in [1.54, 1.807) is 0 Å². The molecule has 0 amide bonds. The maximum Gasteiger partial charge on any atom is 0.300 e. The topological polar surface area (TPSA) is 209 Å². The van der Waals surface area contributed by atoms with Crippen molar-refractivity contribution < 1.29 is 32.2 Å². The summed E-state index contributed by atoms with van der Waals surface area (Å²) in [5.41, 5.74) is 0. The van der Waals surface area contributed by atoms with Crippen molar-refractivity contribution in [2.24, 2.45) is 0 Å². The number of carbonyl (C=O) groups is 1. The van der Waals surface area contributed by atoms with Crippen LogP contribution in [0, 0.1) is 0 Å². The molecular formula is C2H18CoN4O3. The Hall–Kier alpha value is -0.224. The summed E-state index contributed by atoms with van der Waals surface area (Å²) in [4.78, 5) is 9.00. The molecule has 0 aromatic carbocycles. The summed E-state index contributed by atoms with van der Waals surface area (Å²) >= 11 is 0. The number of carboxylic acids is 1. The molecule has 0 atom stereocenters. The second-order valence-corrected chi connectivity index (χ2v) is 0.519. The minimum absolute atomic E-state index is 0. The summed E-state index contributed by atoms with van der Waals surface area (Å²) in [7, 11) is 0. The molecule has 0 aliphatic heterocycles. The van der Waals surface area contributed by atoms with Crippen molar-refractivity contribution in [3.05, 3.63) is 0 Å². The molecule has 73 valence electrons. The van der Waals surface area contributed by atoms with Crippen LogP contribution in [0.3, 0.4) is 0 Å². The van der Waals surface area contributed by atoms with Gasteiger partial charge < -0.3 is 35.2 Å². The third-order valence-corrected chi connectivity index (χ3v) is 0. The Kier molecular flexibility index (Phi) is 673. The largest absolute Gasteiger partial charge is 0.481 e. The zero-order chi connectivity index (χ0) is 3.58. The summed E-state index contributed by atoms with van der Waals surface area (Å²) < 4.78 is 0. The molecule has 0 aromatic rings. The van der Waals surface area contributed by atoms with E-state index in [9.17, 15) is 0 Å². The Morgan fingerprint density at radius 3 is 1.10 bits per heavy atom. The fourth-order valence-corrected chi connectivity index (χ4v) is 0. The van der Waals surface area contributed by atoms with Crippen LogP contribution in [0.1, 0.15) is 6.92 Å². The zero-order valence-electron chi connectivity index (χ0n) is 6.02. The molecular weight excluding hydrogens is 187 g/mol. The molecule has 0 saturated heterocycles.